The molecule has 1 aromatic rings. The molecule has 1 unspecified atom stereocenters. The quantitative estimate of drug-likeness (QED) is 0.125. The maximum atomic E-state index is 15.1. The average Bonchev–Trinajstić information content (AvgIpc) is 2.80. The molecule has 0 aliphatic heterocycles. The molecule has 0 heterocycles. The highest BCUT2D eigenvalue weighted by atomic mass is 19.1. The van der Waals surface area contributed by atoms with Crippen molar-refractivity contribution in [3.8, 4) is 5.75 Å². The summed E-state index contributed by atoms with van der Waals surface area (Å²) in [4.78, 5) is 0. The molecule has 0 radical (unpaired) electrons. The Morgan fingerprint density at radius 1 is 0.812 bits per heavy atom. The number of rotatable bonds is 19. The summed E-state index contributed by atoms with van der Waals surface area (Å²) in [6.45, 7) is 17.0. The van der Waals surface area contributed by atoms with E-state index < -0.39 is 7.32 Å². The van der Waals surface area contributed by atoms with Crippen molar-refractivity contribution < 1.29 is 22.8 Å². The smallest absolute Gasteiger partial charge is 0.511 e. The maximum absolute atomic E-state index is 15.1. The molecule has 0 fully saturated rings. The van der Waals surface area contributed by atoms with Crippen molar-refractivity contribution in [3.63, 3.8) is 0 Å². The molecule has 0 aliphatic carbocycles. The van der Waals surface area contributed by atoms with Crippen LogP contribution in [0, 0.1) is 5.82 Å². The van der Waals surface area contributed by atoms with E-state index in [0.717, 1.165) is 49.8 Å². The predicted molar refractivity (Wildman–Crippen MR) is 133 cm³/mol. The standard InChI is InChI=1S/C26H48BFNO3/c1-7-12-14-16-21-30-27(31-22-17-15-13-8-2)32-25-20-18-19-24(28)26(25)23(6)29(9-3,10-4)11-5/h18-20,23H,7-17,21-22H2,1-6H3/q+1. The molecule has 32 heavy (non-hydrogen) atoms. The summed E-state index contributed by atoms with van der Waals surface area (Å²) in [5, 5.41) is 0. The van der Waals surface area contributed by atoms with Gasteiger partial charge in [-0.2, -0.15) is 0 Å². The van der Waals surface area contributed by atoms with E-state index in [1.54, 1.807) is 6.07 Å². The van der Waals surface area contributed by atoms with Crippen LogP contribution in [-0.4, -0.2) is 44.7 Å². The van der Waals surface area contributed by atoms with Gasteiger partial charge in [0.25, 0.3) is 0 Å². The summed E-state index contributed by atoms with van der Waals surface area (Å²) < 4.78 is 34.0. The minimum atomic E-state index is -0.808. The van der Waals surface area contributed by atoms with Gasteiger partial charge in [0, 0.05) is 13.2 Å². The Morgan fingerprint density at radius 3 is 1.81 bits per heavy atom. The Bertz CT molecular complexity index is 590. The van der Waals surface area contributed by atoms with Crippen LogP contribution in [0.2, 0.25) is 0 Å². The molecular formula is C26H48BFNO3+. The molecule has 0 aliphatic rings. The summed E-state index contributed by atoms with van der Waals surface area (Å²) in [6.07, 6.45) is 8.97. The van der Waals surface area contributed by atoms with Crippen LogP contribution in [0.3, 0.4) is 0 Å². The highest BCUT2D eigenvalue weighted by molar-refractivity contribution is 6.37. The number of hydrogen-bond donors (Lipinski definition) is 0. The first kappa shape index (κ1) is 28.9. The van der Waals surface area contributed by atoms with Crippen molar-refractivity contribution in [2.24, 2.45) is 0 Å². The molecular weight excluding hydrogens is 404 g/mol. The Morgan fingerprint density at radius 2 is 1.34 bits per heavy atom. The molecule has 0 saturated heterocycles. The van der Waals surface area contributed by atoms with E-state index >= 15 is 4.39 Å². The van der Waals surface area contributed by atoms with Crippen molar-refractivity contribution in [3.05, 3.63) is 29.6 Å². The average molecular weight is 452 g/mol. The van der Waals surface area contributed by atoms with Gasteiger partial charge in [0.2, 0.25) is 0 Å². The number of benzene rings is 1. The zero-order valence-corrected chi connectivity index (χ0v) is 21.6. The third-order valence-corrected chi connectivity index (χ3v) is 6.87. The Labute approximate surface area is 197 Å². The zero-order valence-electron chi connectivity index (χ0n) is 21.6. The predicted octanol–water partition coefficient (Wildman–Crippen LogP) is 7.32. The summed E-state index contributed by atoms with van der Waals surface area (Å²) >= 11 is 0. The molecule has 1 atom stereocenters. The van der Waals surface area contributed by atoms with Crippen LogP contribution in [0.1, 0.15) is 105 Å². The minimum absolute atomic E-state index is 0.0269. The van der Waals surface area contributed by atoms with Gasteiger partial charge in [-0.1, -0.05) is 58.4 Å². The molecule has 4 nitrogen and oxygen atoms in total. The van der Waals surface area contributed by atoms with E-state index in [4.69, 9.17) is 14.0 Å². The van der Waals surface area contributed by atoms with Crippen LogP contribution in [-0.2, 0) is 9.31 Å². The SMILES string of the molecule is CCCCCCOB(OCCCCCC)Oc1cccc(F)c1C(C)[N+](CC)(CC)CC. The minimum Gasteiger partial charge on any atom is -0.511 e. The van der Waals surface area contributed by atoms with Crippen LogP contribution in [0.15, 0.2) is 18.2 Å². The van der Waals surface area contributed by atoms with Crippen LogP contribution in [0.5, 0.6) is 5.75 Å². The fourth-order valence-electron chi connectivity index (χ4n) is 4.43. The van der Waals surface area contributed by atoms with Crippen molar-refractivity contribution in [1.82, 2.24) is 0 Å². The van der Waals surface area contributed by atoms with E-state index in [0.29, 0.717) is 24.5 Å². The first-order valence-electron chi connectivity index (χ1n) is 13.0. The molecule has 1 aromatic carbocycles. The molecule has 0 spiro atoms. The van der Waals surface area contributed by atoms with Crippen molar-refractivity contribution in [2.45, 2.75) is 99.0 Å². The molecule has 0 bridgehead atoms. The molecule has 0 aromatic heterocycles. The summed E-state index contributed by atoms with van der Waals surface area (Å²) in [5.74, 6) is 0.306. The lowest BCUT2D eigenvalue weighted by Crippen LogP contribution is -2.49. The van der Waals surface area contributed by atoms with Crippen molar-refractivity contribution >= 4 is 7.32 Å². The zero-order chi connectivity index (χ0) is 23.8. The molecule has 0 amide bonds. The van der Waals surface area contributed by atoms with Crippen LogP contribution < -0.4 is 4.65 Å². The largest absolute Gasteiger partial charge is 0.713 e. The topological polar surface area (TPSA) is 27.7 Å². The van der Waals surface area contributed by atoms with Crippen LogP contribution >= 0.6 is 0 Å². The normalized spacial score (nSPS) is 12.7. The number of nitrogens with zero attached hydrogens (tertiary/aromatic N) is 1. The van der Waals surface area contributed by atoms with Crippen molar-refractivity contribution in [2.75, 3.05) is 32.8 Å². The summed E-state index contributed by atoms with van der Waals surface area (Å²) in [5.41, 5.74) is 0.618. The summed E-state index contributed by atoms with van der Waals surface area (Å²) in [6, 6.07) is 5.05. The van der Waals surface area contributed by atoms with Gasteiger partial charge in [-0.05, 0) is 52.7 Å². The second kappa shape index (κ2) is 16.5. The Kier molecular flexibility index (Phi) is 14.9. The van der Waals surface area contributed by atoms with E-state index in [2.05, 4.69) is 41.5 Å². The van der Waals surface area contributed by atoms with Gasteiger partial charge >= 0.3 is 7.32 Å². The Balaban J connectivity index is 2.99. The third-order valence-electron chi connectivity index (χ3n) is 6.87. The molecule has 0 saturated carbocycles. The van der Waals surface area contributed by atoms with Gasteiger partial charge in [-0.15, -0.1) is 0 Å². The van der Waals surface area contributed by atoms with Gasteiger partial charge < -0.3 is 18.4 Å². The highest BCUT2D eigenvalue weighted by Gasteiger charge is 2.35. The monoisotopic (exact) mass is 452 g/mol. The van der Waals surface area contributed by atoms with E-state index in [1.165, 1.54) is 31.7 Å². The summed E-state index contributed by atoms with van der Waals surface area (Å²) in [7, 11) is -0.808. The molecule has 1 rings (SSSR count). The fourth-order valence-corrected chi connectivity index (χ4v) is 4.43. The van der Waals surface area contributed by atoms with Crippen LogP contribution in [0.4, 0.5) is 4.39 Å². The lowest BCUT2D eigenvalue weighted by atomic mass is 10.0. The highest BCUT2D eigenvalue weighted by Crippen LogP contribution is 2.36. The molecule has 6 heteroatoms. The van der Waals surface area contributed by atoms with E-state index in [1.807, 2.05) is 6.07 Å². The first-order chi connectivity index (χ1) is 15.5. The molecule has 184 valence electrons. The Hall–Kier alpha value is -1.11. The van der Waals surface area contributed by atoms with Crippen molar-refractivity contribution in [1.29, 1.82) is 0 Å². The van der Waals surface area contributed by atoms with Gasteiger partial charge in [-0.3, -0.25) is 0 Å². The fraction of sp³-hybridized carbons (Fsp3) is 0.769. The maximum Gasteiger partial charge on any atom is 0.713 e. The third kappa shape index (κ3) is 9.03. The second-order valence-corrected chi connectivity index (χ2v) is 8.76. The van der Waals surface area contributed by atoms with Gasteiger partial charge in [0.15, 0.2) is 0 Å². The number of unbranched alkanes of at least 4 members (excludes halogenated alkanes) is 6. The van der Waals surface area contributed by atoms with Gasteiger partial charge in [0.05, 0.1) is 25.2 Å². The number of hydrogen-bond acceptors (Lipinski definition) is 3. The van der Waals surface area contributed by atoms with Gasteiger partial charge in [0.1, 0.15) is 17.6 Å². The number of quaternary nitrogens is 1. The van der Waals surface area contributed by atoms with E-state index in [9.17, 15) is 0 Å². The first-order valence-corrected chi connectivity index (χ1v) is 13.0. The van der Waals surface area contributed by atoms with Gasteiger partial charge in [-0.25, -0.2) is 4.39 Å². The lowest BCUT2D eigenvalue weighted by molar-refractivity contribution is -0.950. The van der Waals surface area contributed by atoms with E-state index in [-0.39, 0.29) is 11.9 Å². The molecule has 0 N–H and O–H groups in total. The second-order valence-electron chi connectivity index (χ2n) is 8.76. The lowest BCUT2D eigenvalue weighted by Gasteiger charge is -2.42. The number of halogens is 1. The van der Waals surface area contributed by atoms with Crippen LogP contribution in [0.25, 0.3) is 0 Å².